The number of rotatable bonds is 11. The Balaban J connectivity index is 3.59. The van der Waals surface area contributed by atoms with Crippen LogP contribution in [0, 0.1) is 0 Å². The van der Waals surface area contributed by atoms with Crippen molar-refractivity contribution in [3.05, 3.63) is 29.8 Å². The first-order chi connectivity index (χ1) is 16.2. The summed E-state index contributed by atoms with van der Waals surface area (Å²) in [6.45, 7) is 3.60. The third kappa shape index (κ3) is 5.28. The van der Waals surface area contributed by atoms with Crippen molar-refractivity contribution >= 4 is 0 Å². The van der Waals surface area contributed by atoms with Crippen molar-refractivity contribution in [2.24, 2.45) is 0 Å². The van der Waals surface area contributed by atoms with Crippen molar-refractivity contribution in [1.29, 1.82) is 0 Å². The normalized spacial score (nSPS) is 16.6. The largest absolute Gasteiger partial charge is 0.491 e. The van der Waals surface area contributed by atoms with E-state index in [0.29, 0.717) is 14.0 Å². The summed E-state index contributed by atoms with van der Waals surface area (Å²) >= 11 is 0. The Kier molecular flexibility index (Phi) is 8.55. The molecule has 17 heteroatoms. The molecule has 0 fully saturated rings. The van der Waals surface area contributed by atoms with Crippen LogP contribution in [0.25, 0.3) is 0 Å². The fourth-order valence-electron chi connectivity index (χ4n) is 3.00. The summed E-state index contributed by atoms with van der Waals surface area (Å²) in [6.07, 6.45) is -10.8. The molecule has 0 aliphatic rings. The summed E-state index contributed by atoms with van der Waals surface area (Å²) in [5.41, 5.74) is -3.25. The van der Waals surface area contributed by atoms with Gasteiger partial charge in [0.25, 0.3) is 0 Å². The molecule has 0 amide bonds. The molecule has 0 saturated heterocycles. The topological polar surface area (TPSA) is 18.5 Å². The molecule has 37 heavy (non-hydrogen) atoms. The van der Waals surface area contributed by atoms with Gasteiger partial charge in [0.1, 0.15) is 5.75 Å². The average molecular weight is 576 g/mol. The first kappa shape index (κ1) is 33.0. The second kappa shape index (κ2) is 9.59. The predicted molar refractivity (Wildman–Crippen MR) is 96.9 cm³/mol. The first-order valence-electron chi connectivity index (χ1n) is 9.82. The number of alkyl halides is 15. The molecule has 0 saturated carbocycles. The van der Waals surface area contributed by atoms with E-state index >= 15 is 0 Å². The van der Waals surface area contributed by atoms with E-state index in [-0.39, 0.29) is 5.75 Å². The van der Waals surface area contributed by atoms with Crippen LogP contribution in [0.15, 0.2) is 24.3 Å². The zero-order chi connectivity index (χ0) is 29.7. The Morgan fingerprint density at radius 2 is 1.11 bits per heavy atom. The van der Waals surface area contributed by atoms with Crippen LogP contribution in [0.5, 0.6) is 5.75 Å². The highest BCUT2D eigenvalue weighted by Crippen LogP contribution is 2.63. The molecule has 0 radical (unpaired) electrons. The molecule has 1 rings (SSSR count). The molecule has 0 heterocycles. The number of benzene rings is 1. The van der Waals surface area contributed by atoms with E-state index in [4.69, 9.17) is 4.74 Å². The molecule has 1 atom stereocenters. The van der Waals surface area contributed by atoms with Crippen molar-refractivity contribution in [2.75, 3.05) is 7.11 Å². The smallest absolute Gasteiger partial charge is 0.460 e. The zero-order valence-corrected chi connectivity index (χ0v) is 19.1. The van der Waals surface area contributed by atoms with E-state index in [0.717, 1.165) is 18.2 Å². The van der Waals surface area contributed by atoms with E-state index in [1.165, 1.54) is 19.9 Å². The van der Waals surface area contributed by atoms with Crippen LogP contribution in [0.2, 0.25) is 0 Å². The third-order valence-electron chi connectivity index (χ3n) is 5.22. The van der Waals surface area contributed by atoms with Crippen LogP contribution >= 0.6 is 0 Å². The van der Waals surface area contributed by atoms with E-state index in [1.54, 1.807) is 0 Å². The maximum atomic E-state index is 14.5. The van der Waals surface area contributed by atoms with E-state index in [9.17, 15) is 65.9 Å². The minimum Gasteiger partial charge on any atom is -0.491 e. The van der Waals surface area contributed by atoms with Crippen molar-refractivity contribution in [3.8, 4) is 5.75 Å². The lowest BCUT2D eigenvalue weighted by Crippen LogP contribution is -2.72. The molecule has 0 aliphatic carbocycles. The summed E-state index contributed by atoms with van der Waals surface area (Å²) < 4.78 is 212. The van der Waals surface area contributed by atoms with Crippen LogP contribution in [-0.4, -0.2) is 54.9 Å². The van der Waals surface area contributed by atoms with Crippen LogP contribution in [0.3, 0.4) is 0 Å². The lowest BCUT2D eigenvalue weighted by atomic mass is 9.83. The standard InChI is InChI=1S/C20H19F15O2/c1-10(2)37-12-7-5-6-11(8-12)13(3,36-4)9-14(21,22)15(23,24)16(25,26)17(27,28)18(29,30)19(31,32)20(33,34)35/h5-8,10H,9H2,1-4H3. The predicted octanol–water partition coefficient (Wildman–Crippen LogP) is 8.10. The lowest BCUT2D eigenvalue weighted by Gasteiger charge is -2.43. The lowest BCUT2D eigenvalue weighted by molar-refractivity contribution is -0.453. The van der Waals surface area contributed by atoms with E-state index < -0.39 is 65.4 Å². The van der Waals surface area contributed by atoms with Gasteiger partial charge in [-0.25, -0.2) is 0 Å². The van der Waals surface area contributed by atoms with Crippen molar-refractivity contribution in [2.45, 2.75) is 80.6 Å². The number of halogens is 15. The van der Waals surface area contributed by atoms with Gasteiger partial charge in [-0.2, -0.15) is 65.9 Å². The fraction of sp³-hybridized carbons (Fsp3) is 0.700. The summed E-state index contributed by atoms with van der Waals surface area (Å²) in [7, 11) is 0.592. The maximum Gasteiger partial charge on any atom is 0.460 e. The molecule has 216 valence electrons. The van der Waals surface area contributed by atoms with Gasteiger partial charge in [-0.15, -0.1) is 0 Å². The molecule has 0 aliphatic heterocycles. The number of ether oxygens (including phenoxy) is 2. The van der Waals surface area contributed by atoms with Gasteiger partial charge in [0.15, 0.2) is 0 Å². The molecule has 0 N–H and O–H groups in total. The maximum absolute atomic E-state index is 14.5. The molecule has 1 aromatic rings. The van der Waals surface area contributed by atoms with Gasteiger partial charge >= 0.3 is 41.7 Å². The number of methoxy groups -OCH3 is 1. The van der Waals surface area contributed by atoms with E-state index in [1.807, 2.05) is 0 Å². The van der Waals surface area contributed by atoms with Crippen molar-refractivity contribution in [1.82, 2.24) is 0 Å². The Hall–Kier alpha value is -2.07. The van der Waals surface area contributed by atoms with E-state index in [2.05, 4.69) is 4.74 Å². The van der Waals surface area contributed by atoms with Gasteiger partial charge in [0.05, 0.1) is 18.1 Å². The van der Waals surface area contributed by atoms with Gasteiger partial charge < -0.3 is 9.47 Å². The van der Waals surface area contributed by atoms with Gasteiger partial charge in [0.2, 0.25) is 0 Å². The van der Waals surface area contributed by atoms with Crippen molar-refractivity contribution in [3.63, 3.8) is 0 Å². The second-order valence-electron chi connectivity index (χ2n) is 8.38. The summed E-state index contributed by atoms with van der Waals surface area (Å²) in [6, 6.07) is 4.17. The third-order valence-corrected chi connectivity index (χ3v) is 5.22. The summed E-state index contributed by atoms with van der Waals surface area (Å²) in [5.74, 6) is -46.9. The van der Waals surface area contributed by atoms with Crippen molar-refractivity contribution < 1.29 is 75.3 Å². The number of hydrogen-bond acceptors (Lipinski definition) is 2. The monoisotopic (exact) mass is 576 g/mol. The van der Waals surface area contributed by atoms with Gasteiger partial charge in [-0.05, 0) is 38.5 Å². The number of hydrogen-bond donors (Lipinski definition) is 0. The SMILES string of the molecule is COC(C)(CC(F)(F)C(F)(F)C(F)(F)C(F)(F)C(F)(F)C(F)(F)C(F)(F)F)c1cccc(OC(C)C)c1. The summed E-state index contributed by atoms with van der Waals surface area (Å²) in [5, 5.41) is 0. The average Bonchev–Trinajstić information content (AvgIpc) is 2.71. The van der Waals surface area contributed by atoms with Gasteiger partial charge in [-0.1, -0.05) is 12.1 Å². The van der Waals surface area contributed by atoms with Gasteiger partial charge in [0, 0.05) is 7.11 Å². The minimum atomic E-state index is -8.33. The first-order valence-corrected chi connectivity index (χ1v) is 9.82. The molecule has 0 bridgehead atoms. The second-order valence-corrected chi connectivity index (χ2v) is 8.38. The molecule has 2 nitrogen and oxygen atoms in total. The summed E-state index contributed by atoms with van der Waals surface area (Å²) in [4.78, 5) is 0. The zero-order valence-electron chi connectivity index (χ0n) is 19.1. The molecule has 0 spiro atoms. The van der Waals surface area contributed by atoms with Crippen LogP contribution in [0.4, 0.5) is 65.9 Å². The van der Waals surface area contributed by atoms with Crippen LogP contribution in [-0.2, 0) is 10.3 Å². The molecule has 1 unspecified atom stereocenters. The fourth-order valence-corrected chi connectivity index (χ4v) is 3.00. The molecular formula is C20H19F15O2. The Labute approximate surface area is 199 Å². The minimum absolute atomic E-state index is 0.0864. The van der Waals surface area contributed by atoms with Crippen LogP contribution < -0.4 is 4.74 Å². The molecule has 1 aromatic carbocycles. The van der Waals surface area contributed by atoms with Crippen LogP contribution in [0.1, 0.15) is 32.8 Å². The Morgan fingerprint density at radius 3 is 1.51 bits per heavy atom. The quantitative estimate of drug-likeness (QED) is 0.248. The highest BCUT2D eigenvalue weighted by Gasteiger charge is 2.93. The van der Waals surface area contributed by atoms with Gasteiger partial charge in [-0.3, -0.25) is 0 Å². The Bertz CT molecular complexity index is 940. The molecule has 0 aromatic heterocycles. The highest BCUT2D eigenvalue weighted by atomic mass is 19.4. The molecular weight excluding hydrogens is 557 g/mol. The highest BCUT2D eigenvalue weighted by molar-refractivity contribution is 5.33. The Morgan fingerprint density at radius 1 is 0.676 bits per heavy atom.